The van der Waals surface area contributed by atoms with Gasteiger partial charge in [-0.1, -0.05) is 18.2 Å². The fourth-order valence-electron chi connectivity index (χ4n) is 3.18. The van der Waals surface area contributed by atoms with E-state index in [1.807, 2.05) is 56.3 Å². The molecule has 4 heteroatoms. The zero-order valence-electron chi connectivity index (χ0n) is 13.7. The molecule has 0 aliphatic carbocycles. The molecule has 0 radical (unpaired) electrons. The second-order valence-corrected chi connectivity index (χ2v) is 6.19. The third kappa shape index (κ3) is 2.15. The van der Waals surface area contributed by atoms with Crippen LogP contribution in [-0.2, 0) is 0 Å². The number of rotatable bonds is 1. The standard InChI is InChI=1S/C20H18N4/c1-12-9-17-18(11-16(12)22)24(15-6-4-3-5-7-15)19-10-14(21)8-13(2)20(19)23-17/h3-11H,1-2H3,(H3,21,22)/p+1. The molecule has 0 unspecified atom stereocenters. The van der Waals surface area contributed by atoms with Gasteiger partial charge in [0.2, 0.25) is 16.7 Å². The first-order valence-electron chi connectivity index (χ1n) is 7.92. The van der Waals surface area contributed by atoms with E-state index in [1.165, 1.54) is 0 Å². The van der Waals surface area contributed by atoms with E-state index < -0.39 is 0 Å². The summed E-state index contributed by atoms with van der Waals surface area (Å²) < 4.78 is 2.18. The minimum atomic E-state index is 0.728. The molecular weight excluding hydrogens is 296 g/mol. The molecule has 4 rings (SSSR count). The lowest BCUT2D eigenvalue weighted by Crippen LogP contribution is -2.33. The smallest absolute Gasteiger partial charge is 0.239 e. The first-order chi connectivity index (χ1) is 11.5. The highest BCUT2D eigenvalue weighted by atomic mass is 15.0. The van der Waals surface area contributed by atoms with Crippen LogP contribution in [0.5, 0.6) is 0 Å². The van der Waals surface area contributed by atoms with Crippen molar-refractivity contribution in [3.05, 3.63) is 65.7 Å². The van der Waals surface area contributed by atoms with Crippen molar-refractivity contribution in [3.8, 4) is 5.69 Å². The Kier molecular flexibility index (Phi) is 3.13. The van der Waals surface area contributed by atoms with Gasteiger partial charge in [-0.25, -0.2) is 4.98 Å². The monoisotopic (exact) mass is 315 g/mol. The van der Waals surface area contributed by atoms with Gasteiger partial charge in [-0.05, 0) is 37.1 Å². The summed E-state index contributed by atoms with van der Waals surface area (Å²) in [6.45, 7) is 4.04. The van der Waals surface area contributed by atoms with Gasteiger partial charge in [0.15, 0.2) is 0 Å². The normalized spacial score (nSPS) is 11.2. The lowest BCUT2D eigenvalue weighted by Gasteiger charge is -2.09. The third-order valence-corrected chi connectivity index (χ3v) is 4.39. The number of benzene rings is 3. The number of nitrogen functional groups attached to an aromatic ring is 2. The summed E-state index contributed by atoms with van der Waals surface area (Å²) in [5, 5.41) is 0. The zero-order valence-corrected chi connectivity index (χ0v) is 13.7. The summed E-state index contributed by atoms with van der Waals surface area (Å²) in [6.07, 6.45) is 0. The molecule has 0 atom stereocenters. The first-order valence-corrected chi connectivity index (χ1v) is 7.92. The van der Waals surface area contributed by atoms with Gasteiger partial charge in [-0.3, -0.25) is 0 Å². The molecule has 0 saturated heterocycles. The van der Waals surface area contributed by atoms with Crippen molar-refractivity contribution in [2.45, 2.75) is 13.8 Å². The maximum atomic E-state index is 6.17. The molecule has 3 aromatic carbocycles. The van der Waals surface area contributed by atoms with Crippen LogP contribution in [0.2, 0.25) is 0 Å². The summed E-state index contributed by atoms with van der Waals surface area (Å²) in [6, 6.07) is 18.2. The topological polar surface area (TPSA) is 68.8 Å². The third-order valence-electron chi connectivity index (χ3n) is 4.39. The van der Waals surface area contributed by atoms with E-state index in [1.54, 1.807) is 0 Å². The fraction of sp³-hybridized carbons (Fsp3) is 0.100. The summed E-state index contributed by atoms with van der Waals surface area (Å²) in [5.41, 5.74) is 20.7. The largest absolute Gasteiger partial charge is 0.399 e. The van der Waals surface area contributed by atoms with Crippen LogP contribution >= 0.6 is 0 Å². The Morgan fingerprint density at radius 2 is 1.58 bits per heavy atom. The number of nitrogens with two attached hydrogens (primary N) is 2. The van der Waals surface area contributed by atoms with Gasteiger partial charge in [-0.2, -0.15) is 0 Å². The van der Waals surface area contributed by atoms with Crippen LogP contribution in [0, 0.1) is 13.8 Å². The molecule has 4 N–H and O–H groups in total. The van der Waals surface area contributed by atoms with Crippen molar-refractivity contribution in [1.82, 2.24) is 4.98 Å². The van der Waals surface area contributed by atoms with Gasteiger partial charge in [0.1, 0.15) is 11.0 Å². The molecular formula is C20H19N4+. The molecule has 1 heterocycles. The molecule has 4 aromatic rings. The van der Waals surface area contributed by atoms with Crippen LogP contribution in [0.4, 0.5) is 11.4 Å². The van der Waals surface area contributed by atoms with E-state index in [4.69, 9.17) is 16.5 Å². The number of fused-ring (bicyclic) bond motifs is 2. The van der Waals surface area contributed by atoms with Crippen LogP contribution in [0.3, 0.4) is 0 Å². The lowest BCUT2D eigenvalue weighted by molar-refractivity contribution is -0.538. The molecule has 1 aromatic heterocycles. The van der Waals surface area contributed by atoms with E-state index >= 15 is 0 Å². The Hall–Kier alpha value is -3.14. The highest BCUT2D eigenvalue weighted by Crippen LogP contribution is 2.25. The zero-order chi connectivity index (χ0) is 16.8. The van der Waals surface area contributed by atoms with Gasteiger partial charge >= 0.3 is 0 Å². The van der Waals surface area contributed by atoms with Crippen LogP contribution in [0.25, 0.3) is 27.8 Å². The minimum absolute atomic E-state index is 0.728. The van der Waals surface area contributed by atoms with Gasteiger partial charge in [0.05, 0.1) is 0 Å². The Morgan fingerprint density at radius 3 is 2.33 bits per heavy atom. The van der Waals surface area contributed by atoms with E-state index in [0.29, 0.717) is 0 Å². The van der Waals surface area contributed by atoms with Crippen LogP contribution in [0.15, 0.2) is 54.6 Å². The average molecular weight is 315 g/mol. The minimum Gasteiger partial charge on any atom is -0.399 e. The summed E-state index contributed by atoms with van der Waals surface area (Å²) in [7, 11) is 0. The summed E-state index contributed by atoms with van der Waals surface area (Å²) >= 11 is 0. The van der Waals surface area contributed by atoms with Crippen molar-refractivity contribution in [2.24, 2.45) is 0 Å². The highest BCUT2D eigenvalue weighted by molar-refractivity contribution is 5.88. The molecule has 0 aliphatic heterocycles. The molecule has 24 heavy (non-hydrogen) atoms. The quantitative estimate of drug-likeness (QED) is 0.321. The van der Waals surface area contributed by atoms with Gasteiger partial charge < -0.3 is 11.5 Å². The highest BCUT2D eigenvalue weighted by Gasteiger charge is 2.21. The maximum Gasteiger partial charge on any atom is 0.239 e. The molecule has 0 fully saturated rings. The predicted octanol–water partition coefficient (Wildman–Crippen LogP) is 3.45. The molecule has 0 saturated carbocycles. The number of hydrogen-bond acceptors (Lipinski definition) is 3. The Balaban J connectivity index is 2.27. The maximum absolute atomic E-state index is 6.17. The van der Waals surface area contributed by atoms with Crippen molar-refractivity contribution >= 4 is 33.4 Å². The van der Waals surface area contributed by atoms with Crippen molar-refractivity contribution in [2.75, 3.05) is 11.5 Å². The number of aromatic nitrogens is 2. The second kappa shape index (κ2) is 5.20. The van der Waals surface area contributed by atoms with E-state index in [9.17, 15) is 0 Å². The number of anilines is 2. The molecule has 118 valence electrons. The fourth-order valence-corrected chi connectivity index (χ4v) is 3.18. The summed E-state index contributed by atoms with van der Waals surface area (Å²) in [5.74, 6) is 0. The van der Waals surface area contributed by atoms with Crippen LogP contribution in [0.1, 0.15) is 11.1 Å². The first kappa shape index (κ1) is 14.5. The van der Waals surface area contributed by atoms with Crippen molar-refractivity contribution in [3.63, 3.8) is 0 Å². The number of hydrogen-bond donors (Lipinski definition) is 2. The Labute approximate surface area is 140 Å². The van der Waals surface area contributed by atoms with E-state index in [-0.39, 0.29) is 0 Å². The van der Waals surface area contributed by atoms with E-state index in [2.05, 4.69) is 16.7 Å². The molecule has 4 nitrogen and oxygen atoms in total. The van der Waals surface area contributed by atoms with E-state index in [0.717, 1.165) is 50.3 Å². The number of para-hydroxylation sites is 1. The number of nitrogens with zero attached hydrogens (tertiary/aromatic N) is 2. The average Bonchev–Trinajstić information content (AvgIpc) is 2.55. The second-order valence-electron chi connectivity index (χ2n) is 6.19. The number of aryl methyl sites for hydroxylation is 2. The molecule has 0 aliphatic rings. The Morgan fingerprint density at radius 1 is 0.833 bits per heavy atom. The molecule has 0 amide bonds. The summed E-state index contributed by atoms with van der Waals surface area (Å²) in [4.78, 5) is 4.87. The van der Waals surface area contributed by atoms with Crippen molar-refractivity contribution < 1.29 is 4.57 Å². The van der Waals surface area contributed by atoms with Crippen LogP contribution < -0.4 is 16.0 Å². The lowest BCUT2D eigenvalue weighted by atomic mass is 10.1. The Bertz CT molecular complexity index is 1090. The molecule has 0 spiro atoms. The van der Waals surface area contributed by atoms with Crippen LogP contribution in [-0.4, -0.2) is 4.98 Å². The van der Waals surface area contributed by atoms with Gasteiger partial charge in [0, 0.05) is 35.6 Å². The van der Waals surface area contributed by atoms with Gasteiger partial charge in [-0.15, -0.1) is 4.57 Å². The predicted molar refractivity (Wildman–Crippen MR) is 99.1 cm³/mol. The SMILES string of the molecule is Cc1cc2nc3c(C)cc(N)cc3[n+](-c3ccccc3)c2cc1N. The van der Waals surface area contributed by atoms with Crippen molar-refractivity contribution in [1.29, 1.82) is 0 Å². The van der Waals surface area contributed by atoms with Gasteiger partial charge in [0.25, 0.3) is 0 Å². The molecule has 0 bridgehead atoms.